The molecule has 0 spiro atoms. The van der Waals surface area contributed by atoms with E-state index in [2.05, 4.69) is 10.2 Å². The van der Waals surface area contributed by atoms with E-state index in [0.29, 0.717) is 18.2 Å². The molecule has 2 aliphatic rings. The van der Waals surface area contributed by atoms with Crippen LogP contribution in [-0.4, -0.2) is 48.7 Å². The highest BCUT2D eigenvalue weighted by Crippen LogP contribution is 2.25. The lowest BCUT2D eigenvalue weighted by molar-refractivity contribution is -0.126. The molecule has 1 aliphatic heterocycles. The Balaban J connectivity index is 1.48. The minimum atomic E-state index is -0.748. The zero-order valence-electron chi connectivity index (χ0n) is 14.0. The first-order valence-corrected chi connectivity index (χ1v) is 8.61. The van der Waals surface area contributed by atoms with Crippen molar-refractivity contribution in [1.82, 2.24) is 10.2 Å². The maximum Gasteiger partial charge on any atom is 0.223 e. The van der Waals surface area contributed by atoms with E-state index >= 15 is 0 Å². The first-order valence-electron chi connectivity index (χ1n) is 8.61. The molecule has 132 valence electrons. The third-order valence-corrected chi connectivity index (χ3v) is 4.87. The molecule has 0 radical (unpaired) electrons. The van der Waals surface area contributed by atoms with Gasteiger partial charge in [-0.15, -0.1) is 0 Å². The third kappa shape index (κ3) is 4.24. The standard InChI is InChI=1S/C18H25FN2O3/c1-24-17-5-2-13(10-15(17)19)16(22)11-21-8-6-12(7-9-21)18(23)20-14-3-4-14/h2,5,10,12,14,16,22H,3-4,6-9,11H2,1H3,(H,20,23)/t16-/m1/s1. The molecular formula is C18H25FN2O3. The summed E-state index contributed by atoms with van der Waals surface area (Å²) in [6, 6.07) is 4.94. The number of aliphatic hydroxyl groups is 1. The quantitative estimate of drug-likeness (QED) is 0.832. The third-order valence-electron chi connectivity index (χ3n) is 4.87. The van der Waals surface area contributed by atoms with Crippen LogP contribution in [0.1, 0.15) is 37.4 Å². The first kappa shape index (κ1) is 17.2. The summed E-state index contributed by atoms with van der Waals surface area (Å²) in [5.74, 6) is -0.0368. The molecule has 1 aromatic carbocycles. The van der Waals surface area contributed by atoms with Crippen LogP contribution >= 0.6 is 0 Å². The van der Waals surface area contributed by atoms with E-state index in [1.807, 2.05) is 0 Å². The van der Waals surface area contributed by atoms with Gasteiger partial charge < -0.3 is 20.1 Å². The van der Waals surface area contributed by atoms with Gasteiger partial charge in [-0.05, 0) is 56.5 Å². The maximum atomic E-state index is 13.7. The molecule has 1 atom stereocenters. The average Bonchev–Trinajstić information content (AvgIpc) is 3.39. The molecular weight excluding hydrogens is 311 g/mol. The summed E-state index contributed by atoms with van der Waals surface area (Å²) in [6.45, 7) is 2.00. The summed E-state index contributed by atoms with van der Waals surface area (Å²) in [5, 5.41) is 13.4. The molecule has 3 rings (SSSR count). The molecule has 1 amide bonds. The Morgan fingerprint density at radius 2 is 2.08 bits per heavy atom. The Kier molecular flexibility index (Phi) is 5.36. The highest BCUT2D eigenvalue weighted by Gasteiger charge is 2.30. The molecule has 1 saturated carbocycles. The number of ether oxygens (including phenoxy) is 1. The predicted octanol–water partition coefficient (Wildman–Crippen LogP) is 1.86. The number of nitrogens with one attached hydrogen (secondary N) is 1. The van der Waals surface area contributed by atoms with Gasteiger partial charge in [-0.2, -0.15) is 0 Å². The largest absolute Gasteiger partial charge is 0.494 e. The van der Waals surface area contributed by atoms with Gasteiger partial charge in [-0.3, -0.25) is 4.79 Å². The minimum absolute atomic E-state index is 0.0809. The highest BCUT2D eigenvalue weighted by molar-refractivity contribution is 5.79. The van der Waals surface area contributed by atoms with Crippen LogP contribution in [0.4, 0.5) is 4.39 Å². The Morgan fingerprint density at radius 1 is 1.38 bits per heavy atom. The van der Waals surface area contributed by atoms with Gasteiger partial charge >= 0.3 is 0 Å². The zero-order chi connectivity index (χ0) is 17.1. The molecule has 1 aromatic rings. The highest BCUT2D eigenvalue weighted by atomic mass is 19.1. The van der Waals surface area contributed by atoms with Crippen LogP contribution < -0.4 is 10.1 Å². The fraction of sp³-hybridized carbons (Fsp3) is 0.611. The van der Waals surface area contributed by atoms with E-state index in [1.165, 1.54) is 19.2 Å². The summed E-state index contributed by atoms with van der Waals surface area (Å²) in [5.41, 5.74) is 0.543. The number of aliphatic hydroxyl groups excluding tert-OH is 1. The number of likely N-dealkylation sites (tertiary alicyclic amines) is 1. The van der Waals surface area contributed by atoms with Crippen molar-refractivity contribution in [1.29, 1.82) is 0 Å². The van der Waals surface area contributed by atoms with Gasteiger partial charge in [0.15, 0.2) is 11.6 Å². The van der Waals surface area contributed by atoms with Gasteiger partial charge in [0.1, 0.15) is 0 Å². The Labute approximate surface area is 141 Å². The van der Waals surface area contributed by atoms with Crippen LogP contribution in [0.3, 0.4) is 0 Å². The zero-order valence-corrected chi connectivity index (χ0v) is 14.0. The summed E-state index contributed by atoms with van der Waals surface area (Å²) in [7, 11) is 1.41. The van der Waals surface area contributed by atoms with E-state index in [1.54, 1.807) is 6.07 Å². The smallest absolute Gasteiger partial charge is 0.223 e. The number of nitrogens with zero attached hydrogens (tertiary/aromatic N) is 1. The molecule has 0 unspecified atom stereocenters. The first-order chi connectivity index (χ1) is 11.6. The van der Waals surface area contributed by atoms with Gasteiger partial charge in [0.2, 0.25) is 5.91 Å². The predicted molar refractivity (Wildman–Crippen MR) is 88.2 cm³/mol. The summed E-state index contributed by atoms with van der Waals surface area (Å²) in [4.78, 5) is 14.2. The van der Waals surface area contributed by atoms with Crippen LogP contribution in [0.25, 0.3) is 0 Å². The Hall–Kier alpha value is -1.66. The molecule has 5 nitrogen and oxygen atoms in total. The average molecular weight is 336 g/mol. The van der Waals surface area contributed by atoms with Gasteiger partial charge in [0.05, 0.1) is 13.2 Å². The second-order valence-corrected chi connectivity index (χ2v) is 6.77. The number of hydrogen-bond acceptors (Lipinski definition) is 4. The molecule has 6 heteroatoms. The number of benzene rings is 1. The number of piperidine rings is 1. The Bertz CT molecular complexity index is 584. The normalized spacial score (nSPS) is 20.6. The fourth-order valence-electron chi connectivity index (χ4n) is 3.16. The molecule has 1 heterocycles. The van der Waals surface area contributed by atoms with Crippen molar-refractivity contribution in [3.05, 3.63) is 29.6 Å². The van der Waals surface area contributed by atoms with Gasteiger partial charge in [0, 0.05) is 18.5 Å². The van der Waals surface area contributed by atoms with Gasteiger partial charge in [-0.1, -0.05) is 6.07 Å². The summed E-state index contributed by atoms with van der Waals surface area (Å²) >= 11 is 0. The molecule has 0 bridgehead atoms. The lowest BCUT2D eigenvalue weighted by Gasteiger charge is -2.32. The number of β-amino-alcohol motifs (C(OH)–C–C–N with tert-alkyl or cyclic N) is 1. The molecule has 1 saturated heterocycles. The van der Waals surface area contributed by atoms with E-state index in [-0.39, 0.29) is 17.6 Å². The van der Waals surface area contributed by atoms with Crippen molar-refractivity contribution in [3.63, 3.8) is 0 Å². The van der Waals surface area contributed by atoms with Crippen LogP contribution in [0.15, 0.2) is 18.2 Å². The van der Waals surface area contributed by atoms with Crippen molar-refractivity contribution in [2.24, 2.45) is 5.92 Å². The fourth-order valence-corrected chi connectivity index (χ4v) is 3.16. The van der Waals surface area contributed by atoms with E-state index in [4.69, 9.17) is 4.74 Å². The number of amides is 1. The van der Waals surface area contributed by atoms with E-state index in [0.717, 1.165) is 38.8 Å². The maximum absolute atomic E-state index is 13.7. The van der Waals surface area contributed by atoms with Crippen molar-refractivity contribution < 1.29 is 19.0 Å². The van der Waals surface area contributed by atoms with Gasteiger partial charge in [-0.25, -0.2) is 4.39 Å². The molecule has 24 heavy (non-hydrogen) atoms. The minimum Gasteiger partial charge on any atom is -0.494 e. The van der Waals surface area contributed by atoms with Crippen LogP contribution in [-0.2, 0) is 4.79 Å². The number of halogens is 1. The Morgan fingerprint density at radius 3 is 2.67 bits per heavy atom. The second kappa shape index (κ2) is 7.49. The topological polar surface area (TPSA) is 61.8 Å². The number of carbonyl (C=O) groups excluding carboxylic acids is 1. The van der Waals surface area contributed by atoms with E-state index in [9.17, 15) is 14.3 Å². The van der Waals surface area contributed by atoms with Crippen LogP contribution in [0.5, 0.6) is 5.75 Å². The monoisotopic (exact) mass is 336 g/mol. The van der Waals surface area contributed by atoms with Gasteiger partial charge in [0.25, 0.3) is 0 Å². The summed E-state index contributed by atoms with van der Waals surface area (Å²) in [6.07, 6.45) is 3.08. The number of methoxy groups -OCH3 is 1. The summed E-state index contributed by atoms with van der Waals surface area (Å²) < 4.78 is 18.6. The van der Waals surface area contributed by atoms with Crippen molar-refractivity contribution in [2.45, 2.75) is 37.8 Å². The molecule has 2 N–H and O–H groups in total. The van der Waals surface area contributed by atoms with Crippen LogP contribution in [0, 0.1) is 11.7 Å². The van der Waals surface area contributed by atoms with Crippen molar-refractivity contribution in [3.8, 4) is 5.75 Å². The number of carbonyl (C=O) groups is 1. The molecule has 2 fully saturated rings. The SMILES string of the molecule is COc1ccc([C@H](O)CN2CCC(C(=O)NC3CC3)CC2)cc1F. The van der Waals surface area contributed by atoms with Crippen molar-refractivity contribution >= 4 is 5.91 Å². The molecule has 1 aliphatic carbocycles. The van der Waals surface area contributed by atoms with Crippen molar-refractivity contribution in [2.75, 3.05) is 26.7 Å². The second-order valence-electron chi connectivity index (χ2n) is 6.77. The number of rotatable bonds is 6. The van der Waals surface area contributed by atoms with E-state index < -0.39 is 11.9 Å². The lowest BCUT2D eigenvalue weighted by Crippen LogP contribution is -2.42. The number of hydrogen-bond donors (Lipinski definition) is 2. The molecule has 0 aromatic heterocycles. The van der Waals surface area contributed by atoms with Crippen LogP contribution in [0.2, 0.25) is 0 Å². The lowest BCUT2D eigenvalue weighted by atomic mass is 9.95.